The number of nitrogens with one attached hydrogen (secondary N) is 1. The quantitative estimate of drug-likeness (QED) is 0.678. The third-order valence-corrected chi connectivity index (χ3v) is 3.19. The molecule has 1 unspecified atom stereocenters. The minimum absolute atomic E-state index is 0.135. The second-order valence-electron chi connectivity index (χ2n) is 4.51. The standard InChI is InChI=1S/C12H9ClF5NO2/c13-8-3-6(12(16,17)18)1-2-9(8)19-5-7-4-11(14,15)10(20)21-7/h1-3,7,19H,4-5H2. The van der Waals surface area contributed by atoms with Crippen molar-refractivity contribution in [3.05, 3.63) is 28.8 Å². The molecule has 0 radical (unpaired) electrons. The number of hydrogen-bond acceptors (Lipinski definition) is 3. The van der Waals surface area contributed by atoms with Gasteiger partial charge in [-0.2, -0.15) is 22.0 Å². The zero-order valence-electron chi connectivity index (χ0n) is 10.3. The molecule has 0 amide bonds. The largest absolute Gasteiger partial charge is 0.456 e. The van der Waals surface area contributed by atoms with E-state index in [-0.39, 0.29) is 17.3 Å². The maximum atomic E-state index is 12.9. The molecule has 1 aromatic carbocycles. The van der Waals surface area contributed by atoms with Gasteiger partial charge in [-0.15, -0.1) is 0 Å². The third kappa shape index (κ3) is 3.55. The van der Waals surface area contributed by atoms with Crippen LogP contribution in [0.4, 0.5) is 27.6 Å². The second kappa shape index (κ2) is 5.32. The van der Waals surface area contributed by atoms with E-state index in [1.807, 2.05) is 0 Å². The fourth-order valence-corrected chi connectivity index (χ4v) is 2.07. The van der Waals surface area contributed by atoms with Gasteiger partial charge in [-0.3, -0.25) is 0 Å². The SMILES string of the molecule is O=C1OC(CNc2ccc(C(F)(F)F)cc2Cl)CC1(F)F. The first kappa shape index (κ1) is 15.8. The first-order valence-electron chi connectivity index (χ1n) is 5.79. The van der Waals surface area contributed by atoms with Crippen LogP contribution in [0.2, 0.25) is 5.02 Å². The number of carbonyl (C=O) groups excluding carboxylic acids is 1. The molecular weight excluding hydrogens is 321 g/mol. The van der Waals surface area contributed by atoms with Gasteiger partial charge in [0.15, 0.2) is 0 Å². The average Bonchev–Trinajstić information content (AvgIpc) is 2.60. The molecule has 1 atom stereocenters. The topological polar surface area (TPSA) is 38.3 Å². The van der Waals surface area contributed by atoms with Crippen LogP contribution in [0, 0.1) is 0 Å². The fraction of sp³-hybridized carbons (Fsp3) is 0.417. The van der Waals surface area contributed by atoms with E-state index >= 15 is 0 Å². The average molecular weight is 330 g/mol. The molecule has 0 aliphatic carbocycles. The van der Waals surface area contributed by atoms with Crippen LogP contribution in [0.25, 0.3) is 0 Å². The molecule has 0 spiro atoms. The van der Waals surface area contributed by atoms with Gasteiger partial charge in [0, 0.05) is 0 Å². The Hall–Kier alpha value is -1.57. The molecule has 1 N–H and O–H groups in total. The van der Waals surface area contributed by atoms with Crippen molar-refractivity contribution in [2.75, 3.05) is 11.9 Å². The van der Waals surface area contributed by atoms with E-state index < -0.39 is 36.2 Å². The molecule has 9 heteroatoms. The highest BCUT2D eigenvalue weighted by atomic mass is 35.5. The predicted molar refractivity (Wildman–Crippen MR) is 64.4 cm³/mol. The maximum Gasteiger partial charge on any atom is 0.416 e. The molecule has 0 bridgehead atoms. The second-order valence-corrected chi connectivity index (χ2v) is 4.92. The number of benzene rings is 1. The van der Waals surface area contributed by atoms with Crippen LogP contribution in [0.15, 0.2) is 18.2 Å². The van der Waals surface area contributed by atoms with Crippen molar-refractivity contribution in [1.29, 1.82) is 0 Å². The number of carbonyl (C=O) groups is 1. The summed E-state index contributed by atoms with van der Waals surface area (Å²) in [7, 11) is 0. The molecule has 0 saturated carbocycles. The summed E-state index contributed by atoms with van der Waals surface area (Å²) < 4.78 is 67.6. The van der Waals surface area contributed by atoms with Crippen LogP contribution in [-0.2, 0) is 15.7 Å². The Morgan fingerprint density at radius 1 is 1.38 bits per heavy atom. The number of hydrogen-bond donors (Lipinski definition) is 1. The molecule has 1 aromatic rings. The lowest BCUT2D eigenvalue weighted by atomic mass is 10.1. The molecule has 2 rings (SSSR count). The van der Waals surface area contributed by atoms with Crippen molar-refractivity contribution < 1.29 is 31.5 Å². The summed E-state index contributed by atoms with van der Waals surface area (Å²) in [5.74, 6) is -5.14. The fourth-order valence-electron chi connectivity index (χ4n) is 1.82. The van der Waals surface area contributed by atoms with Gasteiger partial charge in [-0.1, -0.05) is 11.6 Å². The molecule has 116 valence electrons. The Kier molecular flexibility index (Phi) is 4.01. The summed E-state index contributed by atoms with van der Waals surface area (Å²) in [6.07, 6.45) is -6.37. The molecule has 3 nitrogen and oxygen atoms in total. The minimum Gasteiger partial charge on any atom is -0.456 e. The molecule has 21 heavy (non-hydrogen) atoms. The van der Waals surface area contributed by atoms with Crippen LogP contribution in [0.5, 0.6) is 0 Å². The summed E-state index contributed by atoms with van der Waals surface area (Å²) in [4.78, 5) is 10.8. The van der Waals surface area contributed by atoms with E-state index in [2.05, 4.69) is 10.1 Å². The first-order valence-corrected chi connectivity index (χ1v) is 6.17. The van der Waals surface area contributed by atoms with E-state index in [0.717, 1.165) is 18.2 Å². The Bertz CT molecular complexity index is 561. The van der Waals surface area contributed by atoms with Crippen LogP contribution >= 0.6 is 11.6 Å². The number of ether oxygens (including phenoxy) is 1. The zero-order valence-corrected chi connectivity index (χ0v) is 11.1. The summed E-state index contributed by atoms with van der Waals surface area (Å²) >= 11 is 5.69. The Morgan fingerprint density at radius 2 is 2.05 bits per heavy atom. The molecular formula is C12H9ClF5NO2. The van der Waals surface area contributed by atoms with Crippen molar-refractivity contribution >= 4 is 23.3 Å². The van der Waals surface area contributed by atoms with Crippen molar-refractivity contribution in [2.45, 2.75) is 24.6 Å². The summed E-state index contributed by atoms with van der Waals surface area (Å²) in [6.45, 7) is -0.174. The van der Waals surface area contributed by atoms with E-state index in [1.54, 1.807) is 0 Å². The number of anilines is 1. The first-order chi connectivity index (χ1) is 9.59. The number of rotatable bonds is 3. The Labute approximate surface area is 121 Å². The van der Waals surface area contributed by atoms with Crippen molar-refractivity contribution in [3.63, 3.8) is 0 Å². The van der Waals surface area contributed by atoms with Gasteiger partial charge in [0.25, 0.3) is 0 Å². The predicted octanol–water partition coefficient (Wildman–Crippen LogP) is 3.72. The molecule has 1 saturated heterocycles. The van der Waals surface area contributed by atoms with Gasteiger partial charge in [0.05, 0.1) is 29.2 Å². The lowest BCUT2D eigenvalue weighted by Gasteiger charge is -2.14. The maximum absolute atomic E-state index is 12.9. The van der Waals surface area contributed by atoms with E-state index in [1.165, 1.54) is 0 Å². The van der Waals surface area contributed by atoms with E-state index in [0.29, 0.717) is 0 Å². The monoisotopic (exact) mass is 329 g/mol. The summed E-state index contributed by atoms with van der Waals surface area (Å²) in [5, 5.41) is 2.37. The highest BCUT2D eigenvalue weighted by molar-refractivity contribution is 6.33. The van der Waals surface area contributed by atoms with Crippen LogP contribution in [0.1, 0.15) is 12.0 Å². The number of alkyl halides is 5. The number of esters is 1. The van der Waals surface area contributed by atoms with Gasteiger partial charge in [-0.05, 0) is 18.2 Å². The van der Waals surface area contributed by atoms with Crippen LogP contribution < -0.4 is 5.32 Å². The van der Waals surface area contributed by atoms with Crippen molar-refractivity contribution in [1.82, 2.24) is 0 Å². The van der Waals surface area contributed by atoms with Gasteiger partial charge in [-0.25, -0.2) is 4.79 Å². The number of halogens is 6. The normalized spacial score (nSPS) is 21.2. The Morgan fingerprint density at radius 3 is 2.52 bits per heavy atom. The lowest BCUT2D eigenvalue weighted by Crippen LogP contribution is -2.22. The molecule has 1 aliphatic rings. The third-order valence-electron chi connectivity index (χ3n) is 2.87. The van der Waals surface area contributed by atoms with Gasteiger partial charge >= 0.3 is 18.1 Å². The Balaban J connectivity index is 2.00. The summed E-state index contributed by atoms with van der Waals surface area (Å²) in [5.41, 5.74) is -0.784. The number of cyclic esters (lactones) is 1. The highest BCUT2D eigenvalue weighted by Crippen LogP contribution is 2.34. The summed E-state index contributed by atoms with van der Waals surface area (Å²) in [6, 6.07) is 2.61. The van der Waals surface area contributed by atoms with Gasteiger partial charge in [0.1, 0.15) is 6.10 Å². The van der Waals surface area contributed by atoms with Crippen LogP contribution in [-0.4, -0.2) is 24.5 Å². The van der Waals surface area contributed by atoms with Gasteiger partial charge < -0.3 is 10.1 Å². The van der Waals surface area contributed by atoms with E-state index in [4.69, 9.17) is 11.6 Å². The minimum atomic E-state index is -4.52. The smallest absolute Gasteiger partial charge is 0.416 e. The molecule has 1 fully saturated rings. The van der Waals surface area contributed by atoms with Crippen molar-refractivity contribution in [2.24, 2.45) is 0 Å². The molecule has 1 heterocycles. The highest BCUT2D eigenvalue weighted by Gasteiger charge is 2.50. The molecule has 0 aromatic heterocycles. The molecule has 1 aliphatic heterocycles. The van der Waals surface area contributed by atoms with Crippen molar-refractivity contribution in [3.8, 4) is 0 Å². The zero-order chi connectivity index (χ0) is 15.8. The van der Waals surface area contributed by atoms with Gasteiger partial charge in [0.2, 0.25) is 0 Å². The van der Waals surface area contributed by atoms with Crippen LogP contribution in [0.3, 0.4) is 0 Å². The lowest BCUT2D eigenvalue weighted by molar-refractivity contribution is -0.158. The van der Waals surface area contributed by atoms with E-state index in [9.17, 15) is 26.7 Å².